The number of hydrogen-bond donors (Lipinski definition) is 0. The number of furan rings is 1. The molecule has 2 aromatic heterocycles. The zero-order chi connectivity index (χ0) is 19.4. The molecule has 0 saturated carbocycles. The van der Waals surface area contributed by atoms with Crippen LogP contribution in [0.4, 0.5) is 0 Å². The van der Waals surface area contributed by atoms with Gasteiger partial charge in [0, 0.05) is 24.0 Å². The van der Waals surface area contributed by atoms with E-state index in [9.17, 15) is 19.6 Å². The molecule has 140 valence electrons. The molecule has 3 heterocycles. The molecule has 0 N–H and O–H groups in total. The Morgan fingerprint density at radius 2 is 2.37 bits per heavy atom. The summed E-state index contributed by atoms with van der Waals surface area (Å²) in [6.07, 6.45) is 1.55. The smallest absolute Gasteiger partial charge is 0.311 e. The van der Waals surface area contributed by atoms with Crippen molar-refractivity contribution in [2.45, 2.75) is 25.8 Å². The number of aromatic nitrogens is 1. The Morgan fingerprint density at radius 3 is 3.00 bits per heavy atom. The average Bonchev–Trinajstić information content (AvgIpc) is 3.37. The van der Waals surface area contributed by atoms with Crippen molar-refractivity contribution >= 4 is 29.0 Å². The Hall–Kier alpha value is -2.99. The molecule has 3 rings (SSSR count). The molecule has 0 aliphatic carbocycles. The van der Waals surface area contributed by atoms with Gasteiger partial charge < -0.3 is 14.1 Å². The molecule has 2 atom stereocenters. The maximum absolute atomic E-state index is 12.2. The predicted octanol–water partition coefficient (Wildman–Crippen LogP) is 1.81. The quantitative estimate of drug-likeness (QED) is 0.666. The summed E-state index contributed by atoms with van der Waals surface area (Å²) in [4.78, 5) is 42.2. The highest BCUT2D eigenvalue weighted by Crippen LogP contribution is 2.23. The number of esters is 1. The lowest BCUT2D eigenvalue weighted by Crippen LogP contribution is -2.27. The van der Waals surface area contributed by atoms with Crippen LogP contribution in [0.3, 0.4) is 0 Å². The third-order valence-electron chi connectivity index (χ3n) is 4.17. The predicted molar refractivity (Wildman–Crippen MR) is 93.4 cm³/mol. The van der Waals surface area contributed by atoms with Gasteiger partial charge in [-0.3, -0.25) is 14.4 Å². The van der Waals surface area contributed by atoms with Gasteiger partial charge in [-0.2, -0.15) is 5.26 Å². The molecule has 1 amide bonds. The van der Waals surface area contributed by atoms with Crippen LogP contribution < -0.4 is 0 Å². The number of aryl methyl sites for hydroxylation is 1. The van der Waals surface area contributed by atoms with Crippen LogP contribution in [0.5, 0.6) is 0 Å². The molecule has 8 nitrogen and oxygen atoms in total. The largest absolute Gasteiger partial charge is 0.467 e. The molecule has 2 aromatic rings. The Morgan fingerprint density at radius 1 is 1.56 bits per heavy atom. The van der Waals surface area contributed by atoms with E-state index in [1.807, 2.05) is 6.07 Å². The van der Waals surface area contributed by atoms with Crippen molar-refractivity contribution in [2.75, 3.05) is 13.2 Å². The summed E-state index contributed by atoms with van der Waals surface area (Å²) >= 11 is 1.22. The molecule has 27 heavy (non-hydrogen) atoms. The first kappa shape index (κ1) is 18.8. The number of rotatable bonds is 7. The Labute approximate surface area is 159 Å². The number of nitrogens with zero attached hydrogens (tertiary/aromatic N) is 3. The van der Waals surface area contributed by atoms with Crippen molar-refractivity contribution in [3.05, 3.63) is 40.2 Å². The summed E-state index contributed by atoms with van der Waals surface area (Å²) in [6, 6.07) is 5.37. The van der Waals surface area contributed by atoms with Crippen LogP contribution in [-0.4, -0.2) is 40.7 Å². The summed E-state index contributed by atoms with van der Waals surface area (Å²) in [5, 5.41) is 11.4. The van der Waals surface area contributed by atoms with E-state index < -0.39 is 30.2 Å². The molecule has 1 aliphatic rings. The Bertz CT molecular complexity index is 883. The minimum Gasteiger partial charge on any atom is -0.467 e. The highest BCUT2D eigenvalue weighted by molar-refractivity contribution is 7.09. The van der Waals surface area contributed by atoms with Crippen LogP contribution in [0.25, 0.3) is 0 Å². The third-order valence-corrected chi connectivity index (χ3v) is 5.19. The zero-order valence-electron chi connectivity index (χ0n) is 14.6. The first-order valence-electron chi connectivity index (χ1n) is 8.29. The van der Waals surface area contributed by atoms with E-state index in [1.54, 1.807) is 24.4 Å². The van der Waals surface area contributed by atoms with Gasteiger partial charge in [0.25, 0.3) is 0 Å². The number of thiazole rings is 1. The number of amides is 1. The van der Waals surface area contributed by atoms with E-state index >= 15 is 0 Å². The van der Waals surface area contributed by atoms with E-state index in [1.165, 1.54) is 22.5 Å². The first-order valence-corrected chi connectivity index (χ1v) is 9.17. The number of ketones is 1. The van der Waals surface area contributed by atoms with Crippen molar-refractivity contribution < 1.29 is 23.5 Å². The highest BCUT2D eigenvalue weighted by atomic mass is 32.1. The molecule has 9 heteroatoms. The van der Waals surface area contributed by atoms with Crippen molar-refractivity contribution in [1.82, 2.24) is 9.88 Å². The van der Waals surface area contributed by atoms with Gasteiger partial charge in [0.1, 0.15) is 10.8 Å². The Balaban J connectivity index is 1.52. The lowest BCUT2D eigenvalue weighted by Gasteiger charge is -2.14. The maximum Gasteiger partial charge on any atom is 0.311 e. The number of hydrogen-bond acceptors (Lipinski definition) is 8. The molecule has 1 saturated heterocycles. The minimum atomic E-state index is -1.06. The second-order valence-corrected chi connectivity index (χ2v) is 7.11. The van der Waals surface area contributed by atoms with Crippen LogP contribution in [-0.2, 0) is 25.7 Å². The van der Waals surface area contributed by atoms with Crippen LogP contribution >= 0.6 is 11.3 Å². The summed E-state index contributed by atoms with van der Waals surface area (Å²) < 4.78 is 10.3. The van der Waals surface area contributed by atoms with Gasteiger partial charge in [-0.15, -0.1) is 11.3 Å². The van der Waals surface area contributed by atoms with E-state index in [-0.39, 0.29) is 25.4 Å². The molecule has 1 aliphatic heterocycles. The topological polar surface area (TPSA) is 113 Å². The summed E-state index contributed by atoms with van der Waals surface area (Å²) in [5.41, 5.74) is 0.723. The van der Waals surface area contributed by atoms with Crippen molar-refractivity contribution in [2.24, 2.45) is 5.92 Å². The minimum absolute atomic E-state index is 0.0289. The maximum atomic E-state index is 12.2. The van der Waals surface area contributed by atoms with Crippen molar-refractivity contribution in [3.63, 3.8) is 0 Å². The number of likely N-dealkylation sites (tertiary alicyclic amines) is 1. The number of carbonyl (C=O) groups is 3. The van der Waals surface area contributed by atoms with Gasteiger partial charge in [-0.1, -0.05) is 0 Å². The highest BCUT2D eigenvalue weighted by Gasteiger charge is 2.36. The number of ether oxygens (including phenoxy) is 1. The molecular weight excluding hydrogens is 370 g/mol. The Kier molecular flexibility index (Phi) is 5.66. The van der Waals surface area contributed by atoms with E-state index in [4.69, 9.17) is 9.15 Å². The average molecular weight is 387 g/mol. The third kappa shape index (κ3) is 4.41. The van der Waals surface area contributed by atoms with Crippen molar-refractivity contribution in [1.29, 1.82) is 5.26 Å². The van der Waals surface area contributed by atoms with Crippen LogP contribution in [0.15, 0.2) is 28.2 Å². The lowest BCUT2D eigenvalue weighted by molar-refractivity contribution is -0.152. The van der Waals surface area contributed by atoms with Gasteiger partial charge in [-0.25, -0.2) is 4.98 Å². The normalized spacial score (nSPS) is 17.6. The summed E-state index contributed by atoms with van der Waals surface area (Å²) in [7, 11) is 0. The standard InChI is InChI=1S/C18H17N3O5S/c1-11-10-27-17(20-11)14(6-19)15(22)9-26-18(24)12-5-16(23)21(7-12)8-13-3-2-4-25-13/h2-4,10,12,14H,5,7-9H2,1H3/t12-,14+/m0/s1. The number of nitriles is 1. The van der Waals surface area contributed by atoms with Gasteiger partial charge >= 0.3 is 5.97 Å². The second kappa shape index (κ2) is 8.14. The van der Waals surface area contributed by atoms with E-state index in [0.717, 1.165) is 5.69 Å². The SMILES string of the molecule is Cc1csc([C@H](C#N)C(=O)COC(=O)[C@H]2CC(=O)N(Cc3ccco3)C2)n1. The molecule has 0 radical (unpaired) electrons. The number of carbonyl (C=O) groups excluding carboxylic acids is 3. The lowest BCUT2D eigenvalue weighted by atomic mass is 10.1. The van der Waals surface area contributed by atoms with E-state index in [2.05, 4.69) is 4.98 Å². The van der Waals surface area contributed by atoms with Gasteiger partial charge in [-0.05, 0) is 19.1 Å². The fraction of sp³-hybridized carbons (Fsp3) is 0.389. The monoisotopic (exact) mass is 387 g/mol. The zero-order valence-corrected chi connectivity index (χ0v) is 15.4. The molecule has 0 bridgehead atoms. The van der Waals surface area contributed by atoms with Crippen LogP contribution in [0, 0.1) is 24.2 Å². The summed E-state index contributed by atoms with van der Waals surface area (Å²) in [6.45, 7) is 1.75. The molecular formula is C18H17N3O5S. The van der Waals surface area contributed by atoms with Crippen LogP contribution in [0.2, 0.25) is 0 Å². The molecule has 0 spiro atoms. The molecule has 0 unspecified atom stereocenters. The second-order valence-electron chi connectivity index (χ2n) is 6.22. The fourth-order valence-corrected chi connectivity index (χ4v) is 3.65. The van der Waals surface area contributed by atoms with Crippen molar-refractivity contribution in [3.8, 4) is 6.07 Å². The van der Waals surface area contributed by atoms with Crippen LogP contribution in [0.1, 0.15) is 28.8 Å². The fourth-order valence-electron chi connectivity index (χ4n) is 2.79. The van der Waals surface area contributed by atoms with Gasteiger partial charge in [0.05, 0.1) is 24.8 Å². The van der Waals surface area contributed by atoms with Gasteiger partial charge in [0.15, 0.2) is 18.3 Å². The molecule has 0 aromatic carbocycles. The number of Topliss-reactive ketones (excluding diaryl/α,β-unsaturated/α-hetero) is 1. The van der Waals surface area contributed by atoms with E-state index in [0.29, 0.717) is 10.8 Å². The molecule has 1 fully saturated rings. The first-order chi connectivity index (χ1) is 13.0. The summed E-state index contributed by atoms with van der Waals surface area (Å²) in [5.74, 6) is -2.39. The van der Waals surface area contributed by atoms with Gasteiger partial charge in [0.2, 0.25) is 5.91 Å².